The van der Waals surface area contributed by atoms with Gasteiger partial charge in [-0.1, -0.05) is 27.7 Å². The Morgan fingerprint density at radius 3 is 1.46 bits per heavy atom. The molecule has 74 valence electrons. The molecule has 1 fully saturated rings. The molecule has 3 heteroatoms. The molecule has 2 atom stereocenters. The van der Waals surface area contributed by atoms with Crippen molar-refractivity contribution < 1.29 is 14.3 Å². The Morgan fingerprint density at radius 2 is 1.23 bits per heavy atom. The van der Waals surface area contributed by atoms with Crippen molar-refractivity contribution in [3.63, 3.8) is 0 Å². The lowest BCUT2D eigenvalue weighted by atomic mass is 9.79. The zero-order valence-electron chi connectivity index (χ0n) is 8.53. The highest BCUT2D eigenvalue weighted by atomic mass is 16.6. The maximum absolute atomic E-state index is 11.3. The Balaban J connectivity index is 2.90. The zero-order valence-corrected chi connectivity index (χ0v) is 8.53. The van der Waals surface area contributed by atoms with Gasteiger partial charge in [-0.3, -0.25) is 9.59 Å². The van der Waals surface area contributed by atoms with Crippen molar-refractivity contribution in [1.82, 2.24) is 0 Å². The third-order valence-corrected chi connectivity index (χ3v) is 2.57. The molecular formula is C10H16O3. The predicted octanol–water partition coefficient (Wildman–Crippen LogP) is 1.61. The van der Waals surface area contributed by atoms with E-state index in [1.165, 1.54) is 0 Å². The van der Waals surface area contributed by atoms with Gasteiger partial charge in [0.15, 0.2) is 0 Å². The van der Waals surface area contributed by atoms with Crippen LogP contribution in [0.5, 0.6) is 0 Å². The van der Waals surface area contributed by atoms with Crippen LogP contribution in [0.2, 0.25) is 0 Å². The van der Waals surface area contributed by atoms with Gasteiger partial charge in [0, 0.05) is 0 Å². The molecule has 0 bridgehead atoms. The summed E-state index contributed by atoms with van der Waals surface area (Å²) in [5, 5.41) is 0. The molecule has 0 aliphatic carbocycles. The number of cyclic esters (lactones) is 2. The molecular weight excluding hydrogens is 168 g/mol. The number of hydrogen-bond acceptors (Lipinski definition) is 3. The van der Waals surface area contributed by atoms with Crippen molar-refractivity contribution in [2.24, 2.45) is 23.7 Å². The fourth-order valence-electron chi connectivity index (χ4n) is 1.90. The summed E-state index contributed by atoms with van der Waals surface area (Å²) >= 11 is 0. The van der Waals surface area contributed by atoms with Gasteiger partial charge < -0.3 is 4.74 Å². The van der Waals surface area contributed by atoms with Gasteiger partial charge >= 0.3 is 11.9 Å². The molecule has 1 rings (SSSR count). The van der Waals surface area contributed by atoms with E-state index in [4.69, 9.17) is 0 Å². The van der Waals surface area contributed by atoms with E-state index in [-0.39, 0.29) is 35.6 Å². The maximum atomic E-state index is 11.3. The quantitative estimate of drug-likeness (QED) is 0.483. The van der Waals surface area contributed by atoms with Crippen LogP contribution >= 0.6 is 0 Å². The smallest absolute Gasteiger partial charge is 0.317 e. The molecule has 1 saturated heterocycles. The van der Waals surface area contributed by atoms with Gasteiger partial charge in [-0.25, -0.2) is 0 Å². The molecule has 0 aromatic rings. The second kappa shape index (κ2) is 3.48. The molecule has 0 N–H and O–H groups in total. The van der Waals surface area contributed by atoms with Crippen LogP contribution in [0.1, 0.15) is 27.7 Å². The summed E-state index contributed by atoms with van der Waals surface area (Å²) in [6.07, 6.45) is 0. The minimum absolute atomic E-state index is 0.173. The lowest BCUT2D eigenvalue weighted by Crippen LogP contribution is -2.27. The first-order valence-corrected chi connectivity index (χ1v) is 4.70. The van der Waals surface area contributed by atoms with Crippen molar-refractivity contribution >= 4 is 11.9 Å². The predicted molar refractivity (Wildman–Crippen MR) is 47.8 cm³/mol. The first-order valence-electron chi connectivity index (χ1n) is 4.70. The molecule has 0 aromatic carbocycles. The van der Waals surface area contributed by atoms with Crippen LogP contribution in [0.25, 0.3) is 0 Å². The highest BCUT2D eigenvalue weighted by Crippen LogP contribution is 2.34. The molecule has 1 unspecified atom stereocenters. The molecule has 0 amide bonds. The van der Waals surface area contributed by atoms with Crippen molar-refractivity contribution in [2.45, 2.75) is 27.7 Å². The van der Waals surface area contributed by atoms with E-state index in [0.29, 0.717) is 0 Å². The van der Waals surface area contributed by atoms with E-state index in [2.05, 4.69) is 4.74 Å². The first kappa shape index (κ1) is 10.2. The van der Waals surface area contributed by atoms with Crippen molar-refractivity contribution in [3.05, 3.63) is 0 Å². The molecule has 3 nitrogen and oxygen atoms in total. The summed E-state index contributed by atoms with van der Waals surface area (Å²) in [6.45, 7) is 7.78. The summed E-state index contributed by atoms with van der Waals surface area (Å²) in [6, 6.07) is 0. The van der Waals surface area contributed by atoms with E-state index < -0.39 is 0 Å². The number of hydrogen-bond donors (Lipinski definition) is 0. The summed E-state index contributed by atoms with van der Waals surface area (Å²) in [5.41, 5.74) is 0. The summed E-state index contributed by atoms with van der Waals surface area (Å²) in [5.74, 6) is -0.838. The van der Waals surface area contributed by atoms with Crippen LogP contribution in [0.15, 0.2) is 0 Å². The average Bonchev–Trinajstić information content (AvgIpc) is 2.24. The van der Waals surface area contributed by atoms with Gasteiger partial charge in [0.2, 0.25) is 0 Å². The lowest BCUT2D eigenvalue weighted by molar-refractivity contribution is -0.154. The molecule has 0 saturated carbocycles. The summed E-state index contributed by atoms with van der Waals surface area (Å²) in [7, 11) is 0. The second-order valence-corrected chi connectivity index (χ2v) is 4.28. The van der Waals surface area contributed by atoms with Crippen molar-refractivity contribution in [1.29, 1.82) is 0 Å². The van der Waals surface area contributed by atoms with Gasteiger partial charge in [0.25, 0.3) is 0 Å². The fourth-order valence-corrected chi connectivity index (χ4v) is 1.90. The fraction of sp³-hybridized carbons (Fsp3) is 0.800. The Hall–Kier alpha value is -0.860. The normalized spacial score (nSPS) is 28.8. The van der Waals surface area contributed by atoms with Gasteiger partial charge in [-0.2, -0.15) is 0 Å². The SMILES string of the molecule is CC(C)C1C(=O)OC(=O)[C@@H]1C(C)C. The van der Waals surface area contributed by atoms with Crippen LogP contribution in [-0.2, 0) is 14.3 Å². The number of carbonyl (C=O) groups is 2. The minimum Gasteiger partial charge on any atom is -0.393 e. The lowest BCUT2D eigenvalue weighted by Gasteiger charge is -2.19. The molecule has 1 heterocycles. The highest BCUT2D eigenvalue weighted by Gasteiger charge is 2.46. The molecule has 1 aliphatic rings. The third kappa shape index (κ3) is 1.74. The molecule has 1 aliphatic heterocycles. The minimum atomic E-state index is -0.348. The van der Waals surface area contributed by atoms with Crippen LogP contribution in [0.4, 0.5) is 0 Å². The van der Waals surface area contributed by atoms with E-state index >= 15 is 0 Å². The molecule has 0 radical (unpaired) electrons. The third-order valence-electron chi connectivity index (χ3n) is 2.57. The number of rotatable bonds is 2. The monoisotopic (exact) mass is 184 g/mol. The Labute approximate surface area is 78.5 Å². The van der Waals surface area contributed by atoms with E-state index in [0.717, 1.165) is 0 Å². The van der Waals surface area contributed by atoms with Gasteiger partial charge in [0.1, 0.15) is 0 Å². The molecule has 0 aromatic heterocycles. The average molecular weight is 184 g/mol. The van der Waals surface area contributed by atoms with Crippen LogP contribution < -0.4 is 0 Å². The standard InChI is InChI=1S/C10H16O3/c1-5(2)7-8(6(3)4)10(12)13-9(7)11/h5-8H,1-4H3/t7-,8?/m1/s1. The largest absolute Gasteiger partial charge is 0.393 e. The summed E-state index contributed by atoms with van der Waals surface area (Å²) in [4.78, 5) is 22.6. The van der Waals surface area contributed by atoms with Crippen LogP contribution in [0, 0.1) is 23.7 Å². The Bertz CT molecular complexity index is 206. The Morgan fingerprint density at radius 1 is 0.923 bits per heavy atom. The van der Waals surface area contributed by atoms with E-state index in [1.54, 1.807) is 0 Å². The highest BCUT2D eigenvalue weighted by molar-refractivity contribution is 5.96. The maximum Gasteiger partial charge on any atom is 0.317 e. The molecule has 0 spiro atoms. The van der Waals surface area contributed by atoms with E-state index in [9.17, 15) is 9.59 Å². The van der Waals surface area contributed by atoms with Crippen LogP contribution in [-0.4, -0.2) is 11.9 Å². The number of carbonyl (C=O) groups excluding carboxylic acids is 2. The van der Waals surface area contributed by atoms with Gasteiger partial charge in [-0.05, 0) is 11.8 Å². The molecule has 13 heavy (non-hydrogen) atoms. The summed E-state index contributed by atoms with van der Waals surface area (Å²) < 4.78 is 4.63. The first-order chi connectivity index (χ1) is 5.95. The number of esters is 2. The van der Waals surface area contributed by atoms with Crippen molar-refractivity contribution in [2.75, 3.05) is 0 Å². The zero-order chi connectivity index (χ0) is 10.2. The van der Waals surface area contributed by atoms with Crippen LogP contribution in [0.3, 0.4) is 0 Å². The van der Waals surface area contributed by atoms with Crippen molar-refractivity contribution in [3.8, 4) is 0 Å². The Kier molecular flexibility index (Phi) is 2.74. The topological polar surface area (TPSA) is 43.4 Å². The van der Waals surface area contributed by atoms with Gasteiger partial charge in [-0.15, -0.1) is 0 Å². The second-order valence-electron chi connectivity index (χ2n) is 4.28. The van der Waals surface area contributed by atoms with E-state index in [1.807, 2.05) is 27.7 Å². The number of ether oxygens (including phenoxy) is 1. The van der Waals surface area contributed by atoms with Gasteiger partial charge in [0.05, 0.1) is 11.8 Å².